The number of carbonyl (C=O) groups is 1. The van der Waals surface area contributed by atoms with Crippen molar-refractivity contribution in [3.63, 3.8) is 0 Å². The number of ether oxygens (including phenoxy) is 1. The lowest BCUT2D eigenvalue weighted by atomic mass is 10.1. The summed E-state index contributed by atoms with van der Waals surface area (Å²) in [6.07, 6.45) is 1.01. The predicted octanol–water partition coefficient (Wildman–Crippen LogP) is 3.49. The van der Waals surface area contributed by atoms with Crippen LogP contribution in [0.2, 0.25) is 0 Å². The molecule has 1 amide bonds. The molecule has 0 aliphatic carbocycles. The molecule has 4 heteroatoms. The summed E-state index contributed by atoms with van der Waals surface area (Å²) >= 11 is 0. The van der Waals surface area contributed by atoms with Gasteiger partial charge in [0.25, 0.3) is 0 Å². The molecular weight excluding hydrogens is 312 g/mol. The van der Waals surface area contributed by atoms with E-state index in [4.69, 9.17) is 4.74 Å². The first-order chi connectivity index (χ1) is 12.1. The van der Waals surface area contributed by atoms with Crippen LogP contribution >= 0.6 is 0 Å². The Bertz CT molecular complexity index is 710. The maximum absolute atomic E-state index is 12.8. The lowest BCUT2D eigenvalue weighted by Gasteiger charge is -2.39. The number of anilines is 1. The first-order valence-electron chi connectivity index (χ1n) is 8.89. The molecule has 0 unspecified atom stereocenters. The third-order valence-corrected chi connectivity index (χ3v) is 4.98. The normalized spacial score (nSPS) is 18.4. The van der Waals surface area contributed by atoms with Crippen molar-refractivity contribution in [2.24, 2.45) is 0 Å². The van der Waals surface area contributed by atoms with Gasteiger partial charge in [-0.3, -0.25) is 9.69 Å². The van der Waals surface area contributed by atoms with Gasteiger partial charge in [-0.15, -0.1) is 0 Å². The predicted molar refractivity (Wildman–Crippen MR) is 101 cm³/mol. The standard InChI is InChI=1S/C21H26N2O2/c1-4-17-5-9-19(10-6-17)23-14-13-22(16(2)21(23)24)15-18-7-11-20(25-3)12-8-18/h5-12,16H,4,13-15H2,1-3H3/t16-/m0/s1. The van der Waals surface area contributed by atoms with Gasteiger partial charge >= 0.3 is 0 Å². The van der Waals surface area contributed by atoms with Crippen molar-refractivity contribution in [1.82, 2.24) is 4.90 Å². The number of amides is 1. The van der Waals surface area contributed by atoms with Crippen LogP contribution in [-0.4, -0.2) is 37.0 Å². The average molecular weight is 338 g/mol. The van der Waals surface area contributed by atoms with Gasteiger partial charge in [-0.05, 0) is 48.7 Å². The Morgan fingerprint density at radius 2 is 1.64 bits per heavy atom. The highest BCUT2D eigenvalue weighted by Crippen LogP contribution is 2.23. The number of benzene rings is 2. The van der Waals surface area contributed by atoms with Gasteiger partial charge in [0.1, 0.15) is 5.75 Å². The SMILES string of the molecule is CCc1ccc(N2CCN(Cc3ccc(OC)cc3)[C@@H](C)C2=O)cc1. The number of piperazine rings is 1. The number of rotatable bonds is 5. The molecule has 0 radical (unpaired) electrons. The van der Waals surface area contributed by atoms with Gasteiger partial charge in [0.15, 0.2) is 0 Å². The van der Waals surface area contributed by atoms with Crippen LogP contribution in [0.4, 0.5) is 5.69 Å². The minimum absolute atomic E-state index is 0.123. The monoisotopic (exact) mass is 338 g/mol. The third-order valence-electron chi connectivity index (χ3n) is 4.98. The number of carbonyl (C=O) groups excluding carboxylic acids is 1. The summed E-state index contributed by atoms with van der Waals surface area (Å²) in [6.45, 7) is 6.51. The van der Waals surface area contributed by atoms with E-state index < -0.39 is 0 Å². The summed E-state index contributed by atoms with van der Waals surface area (Å²) in [5.41, 5.74) is 3.49. The van der Waals surface area contributed by atoms with Crippen LogP contribution in [0.5, 0.6) is 5.75 Å². The second-order valence-electron chi connectivity index (χ2n) is 6.50. The van der Waals surface area contributed by atoms with Crippen LogP contribution in [0.15, 0.2) is 48.5 Å². The largest absolute Gasteiger partial charge is 0.497 e. The van der Waals surface area contributed by atoms with E-state index in [-0.39, 0.29) is 11.9 Å². The molecule has 0 bridgehead atoms. The summed E-state index contributed by atoms with van der Waals surface area (Å²) in [5.74, 6) is 1.03. The Kier molecular flexibility index (Phi) is 5.39. The first-order valence-corrected chi connectivity index (χ1v) is 8.89. The molecule has 3 rings (SSSR count). The number of nitrogens with zero attached hydrogens (tertiary/aromatic N) is 2. The molecule has 1 heterocycles. The molecule has 0 aromatic heterocycles. The molecule has 132 valence electrons. The molecule has 1 atom stereocenters. The van der Waals surface area contributed by atoms with Crippen LogP contribution in [-0.2, 0) is 17.8 Å². The van der Waals surface area contributed by atoms with Gasteiger partial charge in [0, 0.05) is 25.3 Å². The van der Waals surface area contributed by atoms with Gasteiger partial charge in [0.05, 0.1) is 13.2 Å². The zero-order valence-corrected chi connectivity index (χ0v) is 15.2. The number of hydrogen-bond acceptors (Lipinski definition) is 3. The number of hydrogen-bond donors (Lipinski definition) is 0. The van der Waals surface area contributed by atoms with E-state index in [0.717, 1.165) is 37.5 Å². The molecule has 2 aromatic carbocycles. The summed E-state index contributed by atoms with van der Waals surface area (Å²) in [6, 6.07) is 16.3. The second-order valence-corrected chi connectivity index (χ2v) is 6.50. The highest BCUT2D eigenvalue weighted by atomic mass is 16.5. The molecule has 1 fully saturated rings. The molecule has 4 nitrogen and oxygen atoms in total. The summed E-state index contributed by atoms with van der Waals surface area (Å²) < 4.78 is 5.20. The van der Waals surface area contributed by atoms with E-state index in [1.54, 1.807) is 7.11 Å². The van der Waals surface area contributed by atoms with E-state index in [1.165, 1.54) is 11.1 Å². The van der Waals surface area contributed by atoms with Gasteiger partial charge in [-0.2, -0.15) is 0 Å². The number of methoxy groups -OCH3 is 1. The van der Waals surface area contributed by atoms with Crippen LogP contribution in [0.3, 0.4) is 0 Å². The lowest BCUT2D eigenvalue weighted by Crippen LogP contribution is -2.55. The average Bonchev–Trinajstić information content (AvgIpc) is 2.66. The summed E-state index contributed by atoms with van der Waals surface area (Å²) in [4.78, 5) is 17.0. The van der Waals surface area contributed by atoms with Gasteiger partial charge in [-0.25, -0.2) is 0 Å². The Labute approximate surface area is 150 Å². The maximum Gasteiger partial charge on any atom is 0.244 e. The topological polar surface area (TPSA) is 32.8 Å². The summed E-state index contributed by atoms with van der Waals surface area (Å²) in [7, 11) is 1.67. The van der Waals surface area contributed by atoms with Gasteiger partial charge in [0.2, 0.25) is 5.91 Å². The Morgan fingerprint density at radius 1 is 1.00 bits per heavy atom. The van der Waals surface area contributed by atoms with E-state index in [1.807, 2.05) is 24.0 Å². The fourth-order valence-corrected chi connectivity index (χ4v) is 3.26. The summed E-state index contributed by atoms with van der Waals surface area (Å²) in [5, 5.41) is 0. The molecule has 0 N–H and O–H groups in total. The van der Waals surface area contributed by atoms with E-state index in [9.17, 15) is 4.79 Å². The number of aryl methyl sites for hydroxylation is 1. The van der Waals surface area contributed by atoms with E-state index >= 15 is 0 Å². The van der Waals surface area contributed by atoms with Crippen molar-refractivity contribution >= 4 is 11.6 Å². The van der Waals surface area contributed by atoms with E-state index in [0.29, 0.717) is 0 Å². The quantitative estimate of drug-likeness (QED) is 0.836. The zero-order valence-electron chi connectivity index (χ0n) is 15.2. The van der Waals surface area contributed by atoms with Crippen molar-refractivity contribution in [1.29, 1.82) is 0 Å². The Hall–Kier alpha value is -2.33. The van der Waals surface area contributed by atoms with Gasteiger partial charge in [-0.1, -0.05) is 31.2 Å². The Balaban J connectivity index is 1.67. The highest BCUT2D eigenvalue weighted by Gasteiger charge is 2.32. The molecule has 0 saturated carbocycles. The molecule has 25 heavy (non-hydrogen) atoms. The molecule has 1 aliphatic rings. The van der Waals surface area contributed by atoms with Crippen molar-refractivity contribution in [3.05, 3.63) is 59.7 Å². The van der Waals surface area contributed by atoms with Crippen molar-refractivity contribution in [2.75, 3.05) is 25.1 Å². The smallest absolute Gasteiger partial charge is 0.244 e. The van der Waals surface area contributed by atoms with Gasteiger partial charge < -0.3 is 9.64 Å². The minimum Gasteiger partial charge on any atom is -0.497 e. The molecule has 1 aliphatic heterocycles. The van der Waals surface area contributed by atoms with Crippen molar-refractivity contribution in [3.8, 4) is 5.75 Å². The molecule has 0 spiro atoms. The molecule has 1 saturated heterocycles. The van der Waals surface area contributed by atoms with Crippen LogP contribution in [0, 0.1) is 0 Å². The van der Waals surface area contributed by atoms with E-state index in [2.05, 4.69) is 48.2 Å². The van der Waals surface area contributed by atoms with Crippen molar-refractivity contribution in [2.45, 2.75) is 32.9 Å². The molecular formula is C21H26N2O2. The zero-order chi connectivity index (χ0) is 17.8. The fourth-order valence-electron chi connectivity index (χ4n) is 3.26. The highest BCUT2D eigenvalue weighted by molar-refractivity contribution is 5.97. The van der Waals surface area contributed by atoms with Crippen LogP contribution in [0.25, 0.3) is 0 Å². The molecule has 2 aromatic rings. The lowest BCUT2D eigenvalue weighted by molar-refractivity contribution is -0.125. The maximum atomic E-state index is 12.8. The first kappa shape index (κ1) is 17.5. The van der Waals surface area contributed by atoms with Crippen LogP contribution in [0.1, 0.15) is 25.0 Å². The third kappa shape index (κ3) is 3.85. The van der Waals surface area contributed by atoms with Crippen LogP contribution < -0.4 is 9.64 Å². The fraction of sp³-hybridized carbons (Fsp3) is 0.381. The van der Waals surface area contributed by atoms with Crippen molar-refractivity contribution < 1.29 is 9.53 Å². The minimum atomic E-state index is -0.123. The Morgan fingerprint density at radius 3 is 2.24 bits per heavy atom. The second kappa shape index (κ2) is 7.70.